The maximum atomic E-state index is 4.16. The fraction of sp³-hybridized carbons (Fsp3) is 0.875. The molecule has 1 aromatic rings. The van der Waals surface area contributed by atoms with Gasteiger partial charge in [0.1, 0.15) is 5.82 Å². The van der Waals surface area contributed by atoms with E-state index in [9.17, 15) is 0 Å². The topological polar surface area (TPSA) is 30.7 Å². The predicted molar refractivity (Wildman–Crippen MR) is 95.9 cm³/mol. The van der Waals surface area contributed by atoms with Gasteiger partial charge in [0.2, 0.25) is 5.16 Å². The van der Waals surface area contributed by atoms with Crippen molar-refractivity contribution in [1.29, 1.82) is 0 Å². The third-order valence-electron chi connectivity index (χ3n) is 3.77. The molecule has 5 heteroatoms. The molecule has 21 heavy (non-hydrogen) atoms. The Labute approximate surface area is 138 Å². The molecule has 0 atom stereocenters. The van der Waals surface area contributed by atoms with Gasteiger partial charge < -0.3 is 4.57 Å². The van der Waals surface area contributed by atoms with Gasteiger partial charge in [0.05, 0.1) is 0 Å². The highest BCUT2D eigenvalue weighted by Crippen LogP contribution is 2.30. The van der Waals surface area contributed by atoms with Crippen molar-refractivity contribution in [3.8, 4) is 0 Å². The van der Waals surface area contributed by atoms with Crippen LogP contribution in [0.5, 0.6) is 0 Å². The quantitative estimate of drug-likeness (QED) is 0.339. The normalized spacial score (nSPS) is 11.2. The van der Waals surface area contributed by atoms with E-state index in [-0.39, 0.29) is 0 Å². The fourth-order valence-corrected chi connectivity index (χ4v) is 4.39. The zero-order chi connectivity index (χ0) is 15.3. The van der Waals surface area contributed by atoms with E-state index in [0.717, 1.165) is 11.0 Å². The van der Waals surface area contributed by atoms with Crippen molar-refractivity contribution in [2.75, 3.05) is 5.75 Å². The average molecular weight is 330 g/mol. The molecule has 0 bridgehead atoms. The van der Waals surface area contributed by atoms with Crippen molar-refractivity contribution in [2.24, 2.45) is 7.05 Å². The molecule has 1 heterocycles. The van der Waals surface area contributed by atoms with Crippen LogP contribution >= 0.6 is 21.6 Å². The molecule has 0 saturated heterocycles. The first kappa shape index (κ1) is 18.9. The van der Waals surface area contributed by atoms with Gasteiger partial charge in [0, 0.05) is 12.8 Å². The third kappa shape index (κ3) is 8.77. The van der Waals surface area contributed by atoms with Crippen LogP contribution < -0.4 is 0 Å². The summed E-state index contributed by atoms with van der Waals surface area (Å²) >= 11 is 0. The van der Waals surface area contributed by atoms with Gasteiger partial charge in [0.15, 0.2) is 0 Å². The van der Waals surface area contributed by atoms with Gasteiger partial charge in [-0.15, -0.1) is 10.2 Å². The van der Waals surface area contributed by atoms with E-state index < -0.39 is 0 Å². The molecule has 0 aliphatic rings. The standard InChI is InChI=1S/C16H31N3S2/c1-4-5-6-7-8-9-10-11-12-13-14-20-21-16-18-17-15(2)19(16)3/h4-14H2,1-3H3. The first-order valence-electron chi connectivity index (χ1n) is 8.41. The van der Waals surface area contributed by atoms with Crippen molar-refractivity contribution in [3.05, 3.63) is 5.82 Å². The SMILES string of the molecule is CCCCCCCCCCCCSSc1nnc(C)n1C. The number of nitrogens with zero attached hydrogens (tertiary/aromatic N) is 3. The van der Waals surface area contributed by atoms with E-state index in [2.05, 4.69) is 21.7 Å². The maximum absolute atomic E-state index is 4.16. The number of aryl methyl sites for hydroxylation is 1. The molecule has 3 nitrogen and oxygen atoms in total. The van der Waals surface area contributed by atoms with Crippen LogP contribution in [0, 0.1) is 6.92 Å². The lowest BCUT2D eigenvalue weighted by atomic mass is 10.1. The van der Waals surface area contributed by atoms with Crippen molar-refractivity contribution >= 4 is 21.6 Å². The zero-order valence-corrected chi connectivity index (χ0v) is 15.6. The molecule has 0 unspecified atom stereocenters. The second kappa shape index (κ2) is 12.4. The second-order valence-corrected chi connectivity index (χ2v) is 8.06. The van der Waals surface area contributed by atoms with Crippen LogP contribution in [0.2, 0.25) is 0 Å². The summed E-state index contributed by atoms with van der Waals surface area (Å²) in [6.45, 7) is 4.27. The number of hydrogen-bond donors (Lipinski definition) is 0. The summed E-state index contributed by atoms with van der Waals surface area (Å²) in [6, 6.07) is 0. The molecular formula is C16H31N3S2. The van der Waals surface area contributed by atoms with E-state index >= 15 is 0 Å². The molecule has 0 aliphatic heterocycles. The van der Waals surface area contributed by atoms with Crippen LogP contribution in [0.25, 0.3) is 0 Å². The van der Waals surface area contributed by atoms with Crippen molar-refractivity contribution in [2.45, 2.75) is 83.2 Å². The molecule has 0 aliphatic carbocycles. The average Bonchev–Trinajstić information content (AvgIpc) is 2.80. The van der Waals surface area contributed by atoms with Gasteiger partial charge in [-0.2, -0.15) is 0 Å². The Morgan fingerprint density at radius 1 is 0.857 bits per heavy atom. The molecule has 122 valence electrons. The molecule has 0 aromatic carbocycles. The number of unbranched alkanes of at least 4 members (excludes halogenated alkanes) is 9. The van der Waals surface area contributed by atoms with E-state index in [1.165, 1.54) is 70.0 Å². The minimum Gasteiger partial charge on any atom is -0.309 e. The lowest BCUT2D eigenvalue weighted by molar-refractivity contribution is 0.563. The van der Waals surface area contributed by atoms with Gasteiger partial charge in [-0.05, 0) is 24.1 Å². The van der Waals surface area contributed by atoms with Crippen LogP contribution in [-0.4, -0.2) is 20.5 Å². The van der Waals surface area contributed by atoms with Gasteiger partial charge in [-0.3, -0.25) is 0 Å². The Morgan fingerprint density at radius 2 is 1.43 bits per heavy atom. The molecule has 0 spiro atoms. The van der Waals surface area contributed by atoms with Crippen LogP contribution in [0.3, 0.4) is 0 Å². The van der Waals surface area contributed by atoms with E-state index in [1.807, 2.05) is 24.8 Å². The van der Waals surface area contributed by atoms with E-state index in [4.69, 9.17) is 0 Å². The van der Waals surface area contributed by atoms with Crippen molar-refractivity contribution in [3.63, 3.8) is 0 Å². The monoisotopic (exact) mass is 329 g/mol. The Balaban J connectivity index is 1.84. The minimum atomic E-state index is 0.983. The second-order valence-electron chi connectivity index (χ2n) is 5.68. The molecule has 0 radical (unpaired) electrons. The first-order valence-corrected chi connectivity index (χ1v) is 10.7. The lowest BCUT2D eigenvalue weighted by Gasteiger charge is -2.03. The number of aromatic nitrogens is 3. The van der Waals surface area contributed by atoms with E-state index in [1.54, 1.807) is 10.8 Å². The van der Waals surface area contributed by atoms with Gasteiger partial charge >= 0.3 is 0 Å². The van der Waals surface area contributed by atoms with Crippen molar-refractivity contribution in [1.82, 2.24) is 14.8 Å². The summed E-state index contributed by atoms with van der Waals surface area (Å²) in [4.78, 5) is 0. The third-order valence-corrected chi connectivity index (χ3v) is 6.15. The highest BCUT2D eigenvalue weighted by Gasteiger charge is 2.05. The molecular weight excluding hydrogens is 298 g/mol. The van der Waals surface area contributed by atoms with E-state index in [0.29, 0.717) is 0 Å². The van der Waals surface area contributed by atoms with Crippen LogP contribution in [-0.2, 0) is 7.05 Å². The Bertz CT molecular complexity index is 366. The minimum absolute atomic E-state index is 0.983. The van der Waals surface area contributed by atoms with Crippen LogP contribution in [0.4, 0.5) is 0 Å². The molecule has 1 rings (SSSR count). The summed E-state index contributed by atoms with van der Waals surface area (Å²) in [7, 11) is 5.68. The summed E-state index contributed by atoms with van der Waals surface area (Å²) < 4.78 is 2.05. The highest BCUT2D eigenvalue weighted by molar-refractivity contribution is 8.76. The fourth-order valence-electron chi connectivity index (χ4n) is 2.20. The summed E-state index contributed by atoms with van der Waals surface area (Å²) in [5.41, 5.74) is 0. The Morgan fingerprint density at radius 3 is 1.95 bits per heavy atom. The van der Waals surface area contributed by atoms with Gasteiger partial charge in [-0.25, -0.2) is 0 Å². The highest BCUT2D eigenvalue weighted by atomic mass is 33.1. The largest absolute Gasteiger partial charge is 0.309 e. The molecule has 0 amide bonds. The Hall–Kier alpha value is -0.160. The first-order chi connectivity index (χ1) is 10.3. The summed E-state index contributed by atoms with van der Waals surface area (Å²) in [5, 5.41) is 9.25. The molecule has 0 fully saturated rings. The number of hydrogen-bond acceptors (Lipinski definition) is 4. The predicted octanol–water partition coefficient (Wildman–Crippen LogP) is 5.78. The molecule has 0 saturated carbocycles. The number of rotatable bonds is 13. The van der Waals surface area contributed by atoms with Crippen LogP contribution in [0.1, 0.15) is 77.0 Å². The smallest absolute Gasteiger partial charge is 0.201 e. The summed E-state index contributed by atoms with van der Waals surface area (Å²) in [5.74, 6) is 2.20. The van der Waals surface area contributed by atoms with Gasteiger partial charge in [-0.1, -0.05) is 75.5 Å². The molecule has 1 aromatic heterocycles. The Kier molecular flexibility index (Phi) is 11.1. The summed E-state index contributed by atoms with van der Waals surface area (Å²) in [6.07, 6.45) is 14.0. The lowest BCUT2D eigenvalue weighted by Crippen LogP contribution is -1.92. The maximum Gasteiger partial charge on any atom is 0.201 e. The molecule has 0 N–H and O–H groups in total. The van der Waals surface area contributed by atoms with Crippen molar-refractivity contribution < 1.29 is 0 Å². The zero-order valence-electron chi connectivity index (χ0n) is 13.9. The van der Waals surface area contributed by atoms with Gasteiger partial charge in [0.25, 0.3) is 0 Å². The van der Waals surface area contributed by atoms with Crippen LogP contribution in [0.15, 0.2) is 5.16 Å².